The highest BCUT2D eigenvalue weighted by Crippen LogP contribution is 2.26. The summed E-state index contributed by atoms with van der Waals surface area (Å²) in [4.78, 5) is 12.6. The van der Waals surface area contributed by atoms with Crippen molar-refractivity contribution in [1.82, 2.24) is 9.78 Å². The van der Waals surface area contributed by atoms with Crippen LogP contribution < -0.4 is 4.74 Å². The van der Waals surface area contributed by atoms with Crippen molar-refractivity contribution in [3.8, 4) is 11.6 Å². The van der Waals surface area contributed by atoms with Gasteiger partial charge < -0.3 is 4.74 Å². The SMILES string of the molecule is Cc1ccccc1C(=O)Oc1cc(C(C)C)nn1-c1cccc(Cl)c1. The van der Waals surface area contributed by atoms with Crippen LogP contribution in [0.1, 0.15) is 41.4 Å². The number of nitrogens with zero attached hydrogens (tertiary/aromatic N) is 2. The van der Waals surface area contributed by atoms with Crippen molar-refractivity contribution in [3.63, 3.8) is 0 Å². The zero-order valence-corrected chi connectivity index (χ0v) is 15.1. The molecule has 1 heterocycles. The van der Waals surface area contributed by atoms with E-state index in [2.05, 4.69) is 5.10 Å². The maximum atomic E-state index is 12.6. The van der Waals surface area contributed by atoms with Crippen molar-refractivity contribution in [2.45, 2.75) is 26.7 Å². The molecule has 0 saturated carbocycles. The Morgan fingerprint density at radius 3 is 2.56 bits per heavy atom. The standard InChI is InChI=1S/C20H19ClN2O2/c1-13(2)18-12-19(23(22-18)16-9-6-8-15(21)11-16)25-20(24)17-10-5-4-7-14(17)3/h4-13H,1-3H3. The minimum Gasteiger partial charge on any atom is -0.404 e. The molecule has 3 aromatic rings. The monoisotopic (exact) mass is 354 g/mol. The van der Waals surface area contributed by atoms with E-state index in [-0.39, 0.29) is 5.92 Å². The Morgan fingerprint density at radius 2 is 1.88 bits per heavy atom. The van der Waals surface area contributed by atoms with Crippen molar-refractivity contribution >= 4 is 17.6 Å². The number of carbonyl (C=O) groups excluding carboxylic acids is 1. The zero-order chi connectivity index (χ0) is 18.0. The lowest BCUT2D eigenvalue weighted by Gasteiger charge is -2.09. The molecule has 0 amide bonds. The highest BCUT2D eigenvalue weighted by atomic mass is 35.5. The Kier molecular flexibility index (Phi) is 4.91. The fraction of sp³-hybridized carbons (Fsp3) is 0.200. The van der Waals surface area contributed by atoms with Gasteiger partial charge in [-0.15, -0.1) is 0 Å². The Hall–Kier alpha value is -2.59. The van der Waals surface area contributed by atoms with E-state index in [0.29, 0.717) is 16.5 Å². The van der Waals surface area contributed by atoms with Gasteiger partial charge in [-0.25, -0.2) is 9.48 Å². The van der Waals surface area contributed by atoms with E-state index in [1.807, 2.05) is 51.1 Å². The van der Waals surface area contributed by atoms with Crippen LogP contribution >= 0.6 is 11.6 Å². The lowest BCUT2D eigenvalue weighted by Crippen LogP contribution is -2.13. The Morgan fingerprint density at radius 1 is 1.12 bits per heavy atom. The van der Waals surface area contributed by atoms with Gasteiger partial charge in [-0.1, -0.05) is 49.7 Å². The summed E-state index contributed by atoms with van der Waals surface area (Å²) in [6.07, 6.45) is 0. The van der Waals surface area contributed by atoms with E-state index in [1.165, 1.54) is 0 Å². The first-order valence-electron chi connectivity index (χ1n) is 8.09. The molecule has 0 fully saturated rings. The Bertz CT molecular complexity index is 916. The summed E-state index contributed by atoms with van der Waals surface area (Å²) in [5.74, 6) is 0.173. The average molecular weight is 355 g/mol. The number of halogens is 1. The molecule has 0 aliphatic heterocycles. The van der Waals surface area contributed by atoms with Crippen LogP contribution in [0.25, 0.3) is 5.69 Å². The summed E-state index contributed by atoms with van der Waals surface area (Å²) in [5, 5.41) is 5.16. The van der Waals surface area contributed by atoms with Crippen LogP contribution in [0.5, 0.6) is 5.88 Å². The van der Waals surface area contributed by atoms with Crippen LogP contribution in [0.2, 0.25) is 5.02 Å². The molecule has 0 unspecified atom stereocenters. The van der Waals surface area contributed by atoms with Gasteiger partial charge in [0.25, 0.3) is 0 Å². The quantitative estimate of drug-likeness (QED) is 0.606. The second-order valence-corrected chi connectivity index (χ2v) is 6.59. The molecule has 2 aromatic carbocycles. The first kappa shape index (κ1) is 17.2. The summed E-state index contributed by atoms with van der Waals surface area (Å²) >= 11 is 6.09. The third-order valence-corrected chi connectivity index (χ3v) is 4.14. The molecule has 0 spiro atoms. The molecule has 0 aliphatic carbocycles. The average Bonchev–Trinajstić information content (AvgIpc) is 2.99. The lowest BCUT2D eigenvalue weighted by molar-refractivity contribution is 0.0722. The first-order chi connectivity index (χ1) is 12.0. The molecule has 4 nitrogen and oxygen atoms in total. The van der Waals surface area contributed by atoms with E-state index in [4.69, 9.17) is 16.3 Å². The minimum absolute atomic E-state index is 0.205. The molecule has 0 N–H and O–H groups in total. The molecule has 25 heavy (non-hydrogen) atoms. The molecular weight excluding hydrogens is 336 g/mol. The third-order valence-electron chi connectivity index (χ3n) is 3.90. The number of benzene rings is 2. The number of rotatable bonds is 4. The fourth-order valence-corrected chi connectivity index (χ4v) is 2.67. The van der Waals surface area contributed by atoms with E-state index in [0.717, 1.165) is 16.9 Å². The first-order valence-corrected chi connectivity index (χ1v) is 8.47. The topological polar surface area (TPSA) is 44.1 Å². The Labute approximate surface area is 152 Å². The summed E-state index contributed by atoms with van der Waals surface area (Å²) < 4.78 is 7.26. The molecule has 0 bridgehead atoms. The zero-order valence-electron chi connectivity index (χ0n) is 14.4. The largest absolute Gasteiger partial charge is 0.404 e. The smallest absolute Gasteiger partial charge is 0.345 e. The highest BCUT2D eigenvalue weighted by molar-refractivity contribution is 6.30. The molecular formula is C20H19ClN2O2. The normalized spacial score (nSPS) is 10.9. The van der Waals surface area contributed by atoms with Crippen LogP contribution in [0.15, 0.2) is 54.6 Å². The van der Waals surface area contributed by atoms with Crippen LogP contribution in [0, 0.1) is 6.92 Å². The van der Waals surface area contributed by atoms with Gasteiger partial charge in [-0.3, -0.25) is 0 Å². The van der Waals surface area contributed by atoms with Crippen molar-refractivity contribution in [2.75, 3.05) is 0 Å². The second kappa shape index (κ2) is 7.11. The highest BCUT2D eigenvalue weighted by Gasteiger charge is 2.18. The van der Waals surface area contributed by atoms with Crippen LogP contribution in [-0.4, -0.2) is 15.7 Å². The second-order valence-electron chi connectivity index (χ2n) is 6.16. The van der Waals surface area contributed by atoms with Gasteiger partial charge in [0.15, 0.2) is 0 Å². The molecule has 3 rings (SSSR count). The number of carbonyl (C=O) groups is 1. The molecule has 1 aromatic heterocycles. The van der Waals surface area contributed by atoms with Gasteiger partial charge in [-0.05, 0) is 42.7 Å². The predicted octanol–water partition coefficient (Wildman–Crippen LogP) is 5.18. The van der Waals surface area contributed by atoms with E-state index in [9.17, 15) is 4.79 Å². The third kappa shape index (κ3) is 3.74. The summed E-state index contributed by atoms with van der Waals surface area (Å²) in [7, 11) is 0. The van der Waals surface area contributed by atoms with Gasteiger partial charge in [0, 0.05) is 11.1 Å². The fourth-order valence-electron chi connectivity index (χ4n) is 2.48. The number of aromatic nitrogens is 2. The summed E-state index contributed by atoms with van der Waals surface area (Å²) in [6, 6.07) is 16.4. The van der Waals surface area contributed by atoms with Crippen LogP contribution in [0.3, 0.4) is 0 Å². The van der Waals surface area contributed by atoms with E-state index in [1.54, 1.807) is 28.9 Å². The Balaban J connectivity index is 2.00. The molecule has 0 aliphatic rings. The van der Waals surface area contributed by atoms with Gasteiger partial charge in [0.05, 0.1) is 16.9 Å². The van der Waals surface area contributed by atoms with Crippen LogP contribution in [0.4, 0.5) is 0 Å². The number of esters is 1. The predicted molar refractivity (Wildman–Crippen MR) is 98.8 cm³/mol. The molecule has 0 saturated heterocycles. The molecule has 128 valence electrons. The lowest BCUT2D eigenvalue weighted by atomic mass is 10.1. The molecule has 0 atom stereocenters. The number of hydrogen-bond acceptors (Lipinski definition) is 3. The van der Waals surface area contributed by atoms with E-state index < -0.39 is 5.97 Å². The maximum absolute atomic E-state index is 12.6. The molecule has 0 radical (unpaired) electrons. The van der Waals surface area contributed by atoms with Gasteiger partial charge in [0.1, 0.15) is 0 Å². The van der Waals surface area contributed by atoms with E-state index >= 15 is 0 Å². The summed E-state index contributed by atoms with van der Waals surface area (Å²) in [6.45, 7) is 5.96. The van der Waals surface area contributed by atoms with Crippen LogP contribution in [-0.2, 0) is 0 Å². The van der Waals surface area contributed by atoms with Crippen molar-refractivity contribution in [2.24, 2.45) is 0 Å². The van der Waals surface area contributed by atoms with Gasteiger partial charge in [-0.2, -0.15) is 5.10 Å². The van der Waals surface area contributed by atoms with Crippen molar-refractivity contribution < 1.29 is 9.53 Å². The van der Waals surface area contributed by atoms with Gasteiger partial charge in [0.2, 0.25) is 5.88 Å². The number of hydrogen-bond donors (Lipinski definition) is 0. The number of ether oxygens (including phenoxy) is 1. The molecule has 5 heteroatoms. The number of aryl methyl sites for hydroxylation is 1. The van der Waals surface area contributed by atoms with Crippen molar-refractivity contribution in [3.05, 3.63) is 76.4 Å². The van der Waals surface area contributed by atoms with Gasteiger partial charge >= 0.3 is 5.97 Å². The maximum Gasteiger partial charge on any atom is 0.345 e. The minimum atomic E-state index is -0.406. The van der Waals surface area contributed by atoms with Crippen molar-refractivity contribution in [1.29, 1.82) is 0 Å². The summed E-state index contributed by atoms with van der Waals surface area (Å²) in [5.41, 5.74) is 2.98.